The molecule has 27 heavy (non-hydrogen) atoms. The second kappa shape index (κ2) is 5.26. The lowest BCUT2D eigenvalue weighted by atomic mass is 9.50. The van der Waals surface area contributed by atoms with Gasteiger partial charge in [-0.15, -0.1) is 0 Å². The van der Waals surface area contributed by atoms with E-state index in [2.05, 4.69) is 4.90 Å². The largest absolute Gasteiger partial charge is 0.504 e. The van der Waals surface area contributed by atoms with Crippen molar-refractivity contribution in [3.05, 3.63) is 35.1 Å². The summed E-state index contributed by atoms with van der Waals surface area (Å²) < 4.78 is 11.9. The van der Waals surface area contributed by atoms with Crippen LogP contribution in [0.2, 0.25) is 0 Å². The number of carbonyl (C=O) groups is 1. The van der Waals surface area contributed by atoms with Gasteiger partial charge in [0.1, 0.15) is 5.76 Å². The number of aliphatic hydroxyl groups is 1. The van der Waals surface area contributed by atoms with Crippen molar-refractivity contribution in [3.63, 3.8) is 0 Å². The smallest absolute Gasteiger partial charge is 0.313 e. The molecule has 4 atom stereocenters. The molecule has 6 heteroatoms. The molecule has 2 bridgehead atoms. The van der Waals surface area contributed by atoms with Crippen molar-refractivity contribution in [1.29, 1.82) is 0 Å². The molecule has 1 aromatic carbocycles. The Balaban J connectivity index is 1.72. The van der Waals surface area contributed by atoms with Gasteiger partial charge in [-0.3, -0.25) is 4.79 Å². The van der Waals surface area contributed by atoms with Crippen LogP contribution in [0.4, 0.5) is 0 Å². The van der Waals surface area contributed by atoms with Gasteiger partial charge >= 0.3 is 5.97 Å². The van der Waals surface area contributed by atoms with Gasteiger partial charge in [-0.05, 0) is 44.1 Å². The predicted octanol–water partition coefficient (Wildman–Crippen LogP) is 1.87. The van der Waals surface area contributed by atoms with E-state index in [1.807, 2.05) is 19.2 Å². The molecule has 2 heterocycles. The highest BCUT2D eigenvalue weighted by molar-refractivity contribution is 5.73. The molecular weight excluding hydrogens is 346 g/mol. The Morgan fingerprint density at radius 1 is 1.41 bits per heavy atom. The normalized spacial score (nSPS) is 36.1. The Bertz CT molecular complexity index is 878. The number of esters is 1. The average Bonchev–Trinajstić information content (AvgIpc) is 2.98. The van der Waals surface area contributed by atoms with Crippen molar-refractivity contribution < 1.29 is 24.5 Å². The summed E-state index contributed by atoms with van der Waals surface area (Å²) in [5.41, 5.74) is 0.283. The molecule has 1 aromatic rings. The number of hydrogen-bond donors (Lipinski definition) is 2. The zero-order valence-corrected chi connectivity index (χ0v) is 15.9. The molecule has 0 unspecified atom stereocenters. The Morgan fingerprint density at radius 3 is 2.93 bits per heavy atom. The Morgan fingerprint density at radius 2 is 2.19 bits per heavy atom. The van der Waals surface area contributed by atoms with Gasteiger partial charge in [-0.1, -0.05) is 19.9 Å². The number of hydrogen-bond acceptors (Lipinski definition) is 6. The fraction of sp³-hybridized carbons (Fsp3) is 0.571. The number of likely N-dealkylation sites (N-methyl/N-ethyl adjacent to an activating group) is 1. The van der Waals surface area contributed by atoms with E-state index in [9.17, 15) is 15.0 Å². The SMILES string of the molecule is CC(C)C(=O)OC1=CC[C@@]2(O)[C@H]3Cc4ccc(O)c5c4[C@@]2(CCN3C)[C@H]1O5. The number of aromatic hydroxyl groups is 1. The summed E-state index contributed by atoms with van der Waals surface area (Å²) in [5.74, 6) is 0.408. The first-order valence-corrected chi connectivity index (χ1v) is 9.66. The number of carbonyl (C=O) groups excluding carboxylic acids is 1. The minimum atomic E-state index is -1.02. The number of ether oxygens (including phenoxy) is 2. The Kier molecular flexibility index (Phi) is 3.33. The second-order valence-electron chi connectivity index (χ2n) is 8.68. The van der Waals surface area contributed by atoms with Crippen LogP contribution >= 0.6 is 0 Å². The molecule has 2 N–H and O–H groups in total. The van der Waals surface area contributed by atoms with Crippen LogP contribution in [0, 0.1) is 5.92 Å². The highest BCUT2D eigenvalue weighted by atomic mass is 16.6. The first kappa shape index (κ1) is 17.1. The van der Waals surface area contributed by atoms with Crippen LogP contribution in [-0.4, -0.2) is 52.4 Å². The van der Waals surface area contributed by atoms with Gasteiger partial charge in [-0.25, -0.2) is 0 Å². The summed E-state index contributed by atoms with van der Waals surface area (Å²) in [6, 6.07) is 3.55. The van der Waals surface area contributed by atoms with Gasteiger partial charge in [0.15, 0.2) is 17.6 Å². The maximum Gasteiger partial charge on any atom is 0.313 e. The monoisotopic (exact) mass is 371 g/mol. The lowest BCUT2D eigenvalue weighted by Gasteiger charge is -2.61. The molecule has 2 aliphatic carbocycles. The van der Waals surface area contributed by atoms with Crippen LogP contribution in [0.15, 0.2) is 24.0 Å². The quantitative estimate of drug-likeness (QED) is 0.773. The molecule has 144 valence electrons. The zero-order chi connectivity index (χ0) is 19.1. The fourth-order valence-electron chi connectivity index (χ4n) is 5.67. The van der Waals surface area contributed by atoms with E-state index in [1.165, 1.54) is 0 Å². The minimum Gasteiger partial charge on any atom is -0.504 e. The number of rotatable bonds is 2. The molecule has 4 aliphatic rings. The fourth-order valence-corrected chi connectivity index (χ4v) is 5.67. The number of nitrogens with zero attached hydrogens (tertiary/aromatic N) is 1. The number of benzene rings is 1. The topological polar surface area (TPSA) is 79.2 Å². The van der Waals surface area contributed by atoms with Gasteiger partial charge in [0, 0.05) is 18.0 Å². The number of phenols is 1. The van der Waals surface area contributed by atoms with E-state index < -0.39 is 17.1 Å². The van der Waals surface area contributed by atoms with Crippen molar-refractivity contribution >= 4 is 5.97 Å². The summed E-state index contributed by atoms with van der Waals surface area (Å²) in [6.45, 7) is 4.40. The van der Waals surface area contributed by atoms with Gasteiger partial charge in [0.05, 0.1) is 16.9 Å². The molecule has 2 aliphatic heterocycles. The number of likely N-dealkylation sites (tertiary alicyclic amines) is 1. The maximum atomic E-state index is 12.3. The van der Waals surface area contributed by atoms with Crippen molar-refractivity contribution in [2.24, 2.45) is 5.92 Å². The zero-order valence-electron chi connectivity index (χ0n) is 15.9. The Hall–Kier alpha value is -2.05. The van der Waals surface area contributed by atoms with Crippen molar-refractivity contribution in [2.75, 3.05) is 13.6 Å². The highest BCUT2D eigenvalue weighted by Crippen LogP contribution is 2.65. The van der Waals surface area contributed by atoms with Crippen LogP contribution in [0.25, 0.3) is 0 Å². The first-order chi connectivity index (χ1) is 12.8. The van der Waals surface area contributed by atoms with Crippen molar-refractivity contribution in [1.82, 2.24) is 4.90 Å². The molecule has 0 saturated carbocycles. The molecule has 5 rings (SSSR count). The first-order valence-electron chi connectivity index (χ1n) is 9.66. The van der Waals surface area contributed by atoms with E-state index in [0.717, 1.165) is 17.7 Å². The van der Waals surface area contributed by atoms with E-state index in [-0.39, 0.29) is 23.7 Å². The van der Waals surface area contributed by atoms with Gasteiger partial charge < -0.3 is 24.6 Å². The molecule has 1 fully saturated rings. The highest BCUT2D eigenvalue weighted by Gasteiger charge is 2.72. The van der Waals surface area contributed by atoms with Gasteiger partial charge in [-0.2, -0.15) is 0 Å². The summed E-state index contributed by atoms with van der Waals surface area (Å²) in [4.78, 5) is 14.5. The average molecular weight is 371 g/mol. The summed E-state index contributed by atoms with van der Waals surface area (Å²) in [6.07, 6.45) is 3.00. The van der Waals surface area contributed by atoms with Crippen LogP contribution in [-0.2, 0) is 21.4 Å². The molecular formula is C21H25NO5. The van der Waals surface area contributed by atoms with Crippen LogP contribution in [0.1, 0.15) is 37.8 Å². The Labute approximate surface area is 158 Å². The van der Waals surface area contributed by atoms with E-state index in [4.69, 9.17) is 9.47 Å². The minimum absolute atomic E-state index is 0.0426. The summed E-state index contributed by atoms with van der Waals surface area (Å²) >= 11 is 0. The summed E-state index contributed by atoms with van der Waals surface area (Å²) in [7, 11) is 2.05. The second-order valence-corrected chi connectivity index (χ2v) is 8.68. The van der Waals surface area contributed by atoms with Crippen LogP contribution in [0.3, 0.4) is 0 Å². The standard InChI is InChI=1S/C21H25NO5/c1-11(2)19(24)26-14-6-7-21(25)15-10-12-4-5-13(23)17-16(12)20(21,18(14)27-17)8-9-22(15)3/h4-6,11,15,18,23,25H,7-10H2,1-3H3/t15-,18+,20+,21-/m1/s1. The lowest BCUT2D eigenvalue weighted by Crippen LogP contribution is -2.74. The van der Waals surface area contributed by atoms with Crippen LogP contribution in [0.5, 0.6) is 11.5 Å². The third-order valence-electron chi connectivity index (χ3n) is 7.04. The van der Waals surface area contributed by atoms with Crippen molar-refractivity contribution in [3.8, 4) is 11.5 Å². The molecule has 0 radical (unpaired) electrons. The van der Waals surface area contributed by atoms with E-state index in [0.29, 0.717) is 30.8 Å². The number of piperidine rings is 1. The maximum absolute atomic E-state index is 12.3. The molecule has 1 spiro atoms. The third-order valence-corrected chi connectivity index (χ3v) is 7.04. The molecule has 1 saturated heterocycles. The summed E-state index contributed by atoms with van der Waals surface area (Å²) in [5, 5.41) is 22.4. The molecule has 0 amide bonds. The third kappa shape index (κ3) is 1.90. The predicted molar refractivity (Wildman–Crippen MR) is 97.5 cm³/mol. The van der Waals surface area contributed by atoms with Crippen LogP contribution < -0.4 is 4.74 Å². The van der Waals surface area contributed by atoms with E-state index in [1.54, 1.807) is 19.9 Å². The molecule has 6 nitrogen and oxygen atoms in total. The lowest BCUT2D eigenvalue weighted by molar-refractivity contribution is -0.170. The van der Waals surface area contributed by atoms with Crippen molar-refractivity contribution in [2.45, 2.75) is 56.3 Å². The number of phenolic OH excluding ortho intramolecular Hbond substituents is 1. The van der Waals surface area contributed by atoms with E-state index >= 15 is 0 Å². The molecule has 0 aromatic heterocycles. The van der Waals surface area contributed by atoms with Gasteiger partial charge in [0.25, 0.3) is 0 Å². The van der Waals surface area contributed by atoms with Gasteiger partial charge in [0.2, 0.25) is 0 Å².